The van der Waals surface area contributed by atoms with Crippen molar-refractivity contribution >= 4 is 39.4 Å². The monoisotopic (exact) mass is 411 g/mol. The quantitative estimate of drug-likeness (QED) is 0.365. The van der Waals surface area contributed by atoms with Gasteiger partial charge in [0.25, 0.3) is 0 Å². The Labute approximate surface area is 181 Å². The highest BCUT2D eigenvalue weighted by atomic mass is 15.1. The van der Waals surface area contributed by atoms with Gasteiger partial charge >= 0.3 is 0 Å². The van der Waals surface area contributed by atoms with E-state index < -0.39 is 0 Å². The van der Waals surface area contributed by atoms with E-state index in [0.29, 0.717) is 12.5 Å². The minimum absolute atomic E-state index is 0.501. The smallest absolute Gasteiger partial charge is 0.226 e. The van der Waals surface area contributed by atoms with Crippen LogP contribution in [0.1, 0.15) is 13.8 Å². The number of anilines is 2. The van der Waals surface area contributed by atoms with Gasteiger partial charge in [-0.2, -0.15) is 9.97 Å². The van der Waals surface area contributed by atoms with Gasteiger partial charge in [0, 0.05) is 36.6 Å². The zero-order valence-corrected chi connectivity index (χ0v) is 17.9. The van der Waals surface area contributed by atoms with Crippen molar-refractivity contribution in [2.75, 3.05) is 24.2 Å². The summed E-state index contributed by atoms with van der Waals surface area (Å²) in [6.45, 7) is 8.42. The summed E-state index contributed by atoms with van der Waals surface area (Å²) in [7, 11) is 1.80. The van der Waals surface area contributed by atoms with Gasteiger partial charge < -0.3 is 15.6 Å². The molecule has 0 aliphatic heterocycles. The van der Waals surface area contributed by atoms with E-state index in [2.05, 4.69) is 60.3 Å². The number of hydrogen-bond donors (Lipinski definition) is 3. The van der Waals surface area contributed by atoms with E-state index >= 15 is 0 Å². The number of nitrogens with zero attached hydrogens (tertiary/aromatic N) is 4. The number of H-pyrrole nitrogens is 1. The summed E-state index contributed by atoms with van der Waals surface area (Å²) in [6.07, 6.45) is 7.43. The Hall–Kier alpha value is -4.00. The maximum atomic E-state index is 4.68. The molecule has 0 saturated carbocycles. The summed E-state index contributed by atoms with van der Waals surface area (Å²) in [5, 5.41) is 8.47. The molecular formula is C24H25N7. The lowest BCUT2D eigenvalue weighted by Gasteiger charge is -2.12. The average molecular weight is 412 g/mol. The van der Waals surface area contributed by atoms with Crippen LogP contribution in [-0.2, 0) is 0 Å². The van der Waals surface area contributed by atoms with Gasteiger partial charge in [-0.25, -0.2) is 0 Å². The number of pyridine rings is 1. The fraction of sp³-hybridized carbons (Fsp3) is 0.167. The van der Waals surface area contributed by atoms with Crippen molar-refractivity contribution in [3.05, 3.63) is 67.2 Å². The van der Waals surface area contributed by atoms with Crippen LogP contribution in [0.15, 0.2) is 72.1 Å². The molecule has 0 atom stereocenters. The Kier molecular flexibility index (Phi) is 5.75. The van der Waals surface area contributed by atoms with Crippen LogP contribution in [0.3, 0.4) is 0 Å². The number of allylic oxidation sites excluding steroid dienone is 1. The molecule has 0 saturated heterocycles. The summed E-state index contributed by atoms with van der Waals surface area (Å²) in [4.78, 5) is 21.5. The molecule has 3 aromatic heterocycles. The molecule has 4 aromatic rings. The molecule has 3 heterocycles. The minimum Gasteiger partial charge on any atom is -0.364 e. The molecule has 0 fully saturated rings. The van der Waals surface area contributed by atoms with Crippen molar-refractivity contribution in [2.45, 2.75) is 13.8 Å². The molecule has 7 heteroatoms. The average Bonchev–Trinajstić information content (AvgIpc) is 3.22. The van der Waals surface area contributed by atoms with Crippen LogP contribution in [0.4, 0.5) is 11.8 Å². The van der Waals surface area contributed by atoms with Crippen LogP contribution in [0.25, 0.3) is 33.1 Å². The van der Waals surface area contributed by atoms with E-state index in [0.717, 1.165) is 50.2 Å². The molecule has 4 rings (SSSR count). The van der Waals surface area contributed by atoms with Crippen molar-refractivity contribution in [1.29, 1.82) is 0 Å². The number of nitrogens with one attached hydrogen (secondary N) is 3. The molecule has 0 radical (unpaired) electrons. The third-order valence-corrected chi connectivity index (χ3v) is 4.96. The molecule has 7 nitrogen and oxygen atoms in total. The molecule has 156 valence electrons. The number of aromatic nitrogens is 4. The molecule has 0 bridgehead atoms. The first kappa shape index (κ1) is 20.3. The maximum absolute atomic E-state index is 4.68. The van der Waals surface area contributed by atoms with Crippen molar-refractivity contribution in [1.82, 2.24) is 19.9 Å². The lowest BCUT2D eigenvalue weighted by Crippen LogP contribution is -2.16. The predicted octanol–water partition coefficient (Wildman–Crippen LogP) is 5.18. The lowest BCUT2D eigenvalue weighted by atomic mass is 10.0. The molecule has 0 amide bonds. The second kappa shape index (κ2) is 8.79. The zero-order valence-electron chi connectivity index (χ0n) is 17.9. The van der Waals surface area contributed by atoms with Gasteiger partial charge in [-0.15, -0.1) is 0 Å². The summed E-state index contributed by atoms with van der Waals surface area (Å²) in [6, 6.07) is 10.2. The molecule has 0 aliphatic carbocycles. The van der Waals surface area contributed by atoms with Crippen LogP contribution >= 0.6 is 0 Å². The Morgan fingerprint density at radius 3 is 2.90 bits per heavy atom. The van der Waals surface area contributed by atoms with Crippen LogP contribution in [0, 0.1) is 0 Å². The number of fused-ring (bicyclic) bond motifs is 2. The fourth-order valence-electron chi connectivity index (χ4n) is 3.38. The molecule has 1 aromatic carbocycles. The Bertz CT molecular complexity index is 1310. The number of aromatic amines is 1. The van der Waals surface area contributed by atoms with E-state index in [1.54, 1.807) is 19.4 Å². The Morgan fingerprint density at radius 1 is 1.26 bits per heavy atom. The van der Waals surface area contributed by atoms with Gasteiger partial charge in [-0.1, -0.05) is 24.8 Å². The molecule has 0 unspecified atom stereocenters. The van der Waals surface area contributed by atoms with Crippen LogP contribution < -0.4 is 10.6 Å². The van der Waals surface area contributed by atoms with Crippen molar-refractivity contribution in [3.63, 3.8) is 0 Å². The van der Waals surface area contributed by atoms with E-state index in [4.69, 9.17) is 0 Å². The molecular weight excluding hydrogens is 386 g/mol. The second-order valence-corrected chi connectivity index (χ2v) is 7.17. The Balaban J connectivity index is 1.80. The highest BCUT2D eigenvalue weighted by molar-refractivity contribution is 6.06. The van der Waals surface area contributed by atoms with Crippen molar-refractivity contribution < 1.29 is 0 Å². The van der Waals surface area contributed by atoms with Gasteiger partial charge in [-0.3, -0.25) is 9.98 Å². The van der Waals surface area contributed by atoms with E-state index in [1.165, 1.54) is 0 Å². The fourth-order valence-corrected chi connectivity index (χ4v) is 3.38. The number of benzene rings is 1. The summed E-state index contributed by atoms with van der Waals surface area (Å²) < 4.78 is 0. The predicted molar refractivity (Wildman–Crippen MR) is 130 cm³/mol. The summed E-state index contributed by atoms with van der Waals surface area (Å²) >= 11 is 0. The summed E-state index contributed by atoms with van der Waals surface area (Å²) in [5.41, 5.74) is 5.58. The van der Waals surface area contributed by atoms with Gasteiger partial charge in [0.05, 0.1) is 23.2 Å². The minimum atomic E-state index is 0.501. The molecule has 31 heavy (non-hydrogen) atoms. The topological polar surface area (TPSA) is 90.9 Å². The zero-order chi connectivity index (χ0) is 21.8. The maximum Gasteiger partial charge on any atom is 0.226 e. The first-order chi connectivity index (χ1) is 15.1. The van der Waals surface area contributed by atoms with Crippen LogP contribution in [0.5, 0.6) is 0 Å². The largest absolute Gasteiger partial charge is 0.364 e. The van der Waals surface area contributed by atoms with Gasteiger partial charge in [0.1, 0.15) is 11.5 Å². The van der Waals surface area contributed by atoms with E-state index in [1.807, 2.05) is 38.3 Å². The van der Waals surface area contributed by atoms with E-state index in [9.17, 15) is 0 Å². The molecule has 0 spiro atoms. The Morgan fingerprint density at radius 2 is 2.13 bits per heavy atom. The molecule has 0 aliphatic rings. The lowest BCUT2D eigenvalue weighted by molar-refractivity contribution is 1.16. The first-order valence-electron chi connectivity index (χ1n) is 10.1. The third-order valence-electron chi connectivity index (χ3n) is 4.96. The van der Waals surface area contributed by atoms with Crippen LogP contribution in [-0.4, -0.2) is 39.2 Å². The molecule has 3 N–H and O–H groups in total. The van der Waals surface area contributed by atoms with Gasteiger partial charge in [0.2, 0.25) is 5.95 Å². The SMILES string of the molecule is C=C(C)/C(CNc1nc(NC)nc2[nH]cc(-c3ccc4ncccc4c3)c12)=N\C=C/C. The van der Waals surface area contributed by atoms with Crippen molar-refractivity contribution in [3.8, 4) is 11.1 Å². The standard InChI is InChI=1S/C24H25N7/c1-5-10-26-20(15(2)3)14-29-23-21-18(13-28-22(21)30-24(25-4)31-23)16-8-9-19-17(12-16)7-6-11-27-19/h5-13H,2,14H2,1,3-4H3,(H3,25,28,29,30,31)/b10-5-,26-20-. The van der Waals surface area contributed by atoms with Gasteiger partial charge in [0.15, 0.2) is 0 Å². The number of aliphatic imine (C=N–C) groups is 1. The number of hydrogen-bond acceptors (Lipinski definition) is 6. The number of rotatable bonds is 7. The van der Waals surface area contributed by atoms with Crippen LogP contribution in [0.2, 0.25) is 0 Å². The second-order valence-electron chi connectivity index (χ2n) is 7.17. The highest BCUT2D eigenvalue weighted by Gasteiger charge is 2.16. The summed E-state index contributed by atoms with van der Waals surface area (Å²) in [5.74, 6) is 1.26. The highest BCUT2D eigenvalue weighted by Crippen LogP contribution is 2.34. The van der Waals surface area contributed by atoms with E-state index in [-0.39, 0.29) is 0 Å². The third kappa shape index (κ3) is 4.16. The van der Waals surface area contributed by atoms with Gasteiger partial charge in [-0.05, 0) is 43.2 Å². The first-order valence-corrected chi connectivity index (χ1v) is 10.1. The van der Waals surface area contributed by atoms with Crippen molar-refractivity contribution in [2.24, 2.45) is 4.99 Å². The normalized spacial score (nSPS) is 12.0.